The highest BCUT2D eigenvalue weighted by Crippen LogP contribution is 2.22. The van der Waals surface area contributed by atoms with Gasteiger partial charge in [0, 0.05) is 11.8 Å². The molecule has 0 saturated heterocycles. The van der Waals surface area contributed by atoms with Gasteiger partial charge in [0.05, 0.1) is 10.6 Å². The second-order valence-corrected chi connectivity index (χ2v) is 6.46. The van der Waals surface area contributed by atoms with Crippen molar-refractivity contribution in [3.8, 4) is 0 Å². The van der Waals surface area contributed by atoms with Gasteiger partial charge in [-0.25, -0.2) is 12.8 Å². The number of rotatable bonds is 5. The molecule has 21 heavy (non-hydrogen) atoms. The molecule has 0 amide bonds. The zero-order valence-electron chi connectivity index (χ0n) is 11.8. The number of hydrogen-bond acceptors (Lipinski definition) is 4. The van der Waals surface area contributed by atoms with Crippen molar-refractivity contribution >= 4 is 21.5 Å². The number of halogens is 1. The average molecular weight is 312 g/mol. The van der Waals surface area contributed by atoms with Crippen LogP contribution in [0.1, 0.15) is 24.6 Å². The van der Waals surface area contributed by atoms with Crippen molar-refractivity contribution in [2.75, 3.05) is 10.5 Å². The highest BCUT2D eigenvalue weighted by molar-refractivity contribution is 7.92. The molecule has 0 aliphatic heterocycles. The summed E-state index contributed by atoms with van der Waals surface area (Å²) in [5.74, 6) is -0.419. The van der Waals surface area contributed by atoms with Crippen LogP contribution in [0.4, 0.5) is 15.9 Å². The molecule has 0 aliphatic carbocycles. The maximum absolute atomic E-state index is 13.5. The number of nitrogens with one attached hydrogen (secondary N) is 2. The third-order valence-electron chi connectivity index (χ3n) is 2.96. The van der Waals surface area contributed by atoms with E-state index in [1.165, 1.54) is 13.0 Å². The molecule has 0 aliphatic rings. The predicted octanol–water partition coefficient (Wildman–Crippen LogP) is 2.19. The van der Waals surface area contributed by atoms with Crippen LogP contribution in [-0.4, -0.2) is 18.6 Å². The number of benzene rings is 1. The van der Waals surface area contributed by atoms with Crippen LogP contribution in [0.25, 0.3) is 0 Å². The van der Waals surface area contributed by atoms with E-state index in [4.69, 9.17) is 5.73 Å². The van der Waals surface area contributed by atoms with E-state index in [1.54, 1.807) is 6.07 Å². The second kappa shape index (κ2) is 5.72. The Morgan fingerprint density at radius 2 is 2.10 bits per heavy atom. The first-order chi connectivity index (χ1) is 9.83. The van der Waals surface area contributed by atoms with E-state index in [0.29, 0.717) is 0 Å². The summed E-state index contributed by atoms with van der Waals surface area (Å²) in [4.78, 5) is -0.0982. The highest BCUT2D eigenvalue weighted by Gasteiger charge is 2.18. The van der Waals surface area contributed by atoms with Gasteiger partial charge in [0.1, 0.15) is 5.82 Å². The van der Waals surface area contributed by atoms with Gasteiger partial charge in [-0.3, -0.25) is 9.82 Å². The lowest BCUT2D eigenvalue weighted by Crippen LogP contribution is -2.14. The second-order valence-electron chi connectivity index (χ2n) is 4.78. The average Bonchev–Trinajstić information content (AvgIpc) is 2.82. The number of anilines is 2. The number of aryl methyl sites for hydroxylation is 2. The molecule has 114 valence electrons. The Kier molecular flexibility index (Phi) is 4.17. The first-order valence-corrected chi connectivity index (χ1v) is 7.94. The Morgan fingerprint density at radius 1 is 1.38 bits per heavy atom. The van der Waals surface area contributed by atoms with Gasteiger partial charge in [-0.05, 0) is 31.0 Å². The fourth-order valence-corrected chi connectivity index (χ4v) is 3.04. The van der Waals surface area contributed by atoms with E-state index in [1.807, 2.05) is 6.92 Å². The Bertz CT molecular complexity index is 732. The van der Waals surface area contributed by atoms with E-state index in [9.17, 15) is 12.8 Å². The molecule has 0 saturated carbocycles. The quantitative estimate of drug-likeness (QED) is 0.737. The minimum Gasteiger partial charge on any atom is -0.396 e. The van der Waals surface area contributed by atoms with Crippen molar-refractivity contribution in [3.63, 3.8) is 0 Å². The van der Waals surface area contributed by atoms with Crippen LogP contribution in [-0.2, 0) is 16.4 Å². The molecule has 0 spiro atoms. The van der Waals surface area contributed by atoms with E-state index >= 15 is 0 Å². The van der Waals surface area contributed by atoms with E-state index < -0.39 is 15.8 Å². The zero-order chi connectivity index (χ0) is 15.6. The maximum atomic E-state index is 13.5. The summed E-state index contributed by atoms with van der Waals surface area (Å²) in [6.45, 7) is 3.47. The van der Waals surface area contributed by atoms with Gasteiger partial charge in [-0.1, -0.05) is 13.3 Å². The molecule has 1 aromatic carbocycles. The van der Waals surface area contributed by atoms with Gasteiger partial charge in [0.25, 0.3) is 10.0 Å². The Balaban J connectivity index is 2.29. The largest absolute Gasteiger partial charge is 0.396 e. The standard InChI is InChI=1S/C13H17FN4O2S/c1-3-4-9-6-12(17-16-9)18-21(19,20)10-5-8(2)13(14)11(15)7-10/h5-7H,3-4,15H2,1-2H3,(H2,16,17,18). The minimum absolute atomic E-state index is 0.0982. The third kappa shape index (κ3) is 3.33. The fourth-order valence-electron chi connectivity index (χ4n) is 1.93. The fraction of sp³-hybridized carbons (Fsp3) is 0.308. The molecular formula is C13H17FN4O2S. The van der Waals surface area contributed by atoms with Gasteiger partial charge >= 0.3 is 0 Å². The Labute approximate surface area is 122 Å². The van der Waals surface area contributed by atoms with Crippen LogP contribution >= 0.6 is 0 Å². The lowest BCUT2D eigenvalue weighted by atomic mass is 10.2. The minimum atomic E-state index is -3.86. The number of nitrogens with two attached hydrogens (primary N) is 1. The molecule has 0 radical (unpaired) electrons. The summed E-state index contributed by atoms with van der Waals surface area (Å²) in [6.07, 6.45) is 1.69. The topological polar surface area (TPSA) is 101 Å². The third-order valence-corrected chi connectivity index (χ3v) is 4.29. The van der Waals surface area contributed by atoms with Gasteiger partial charge in [-0.15, -0.1) is 0 Å². The smallest absolute Gasteiger partial charge is 0.263 e. The molecule has 0 atom stereocenters. The first kappa shape index (κ1) is 15.3. The van der Waals surface area contributed by atoms with Crippen molar-refractivity contribution < 1.29 is 12.8 Å². The van der Waals surface area contributed by atoms with Crippen LogP contribution in [0, 0.1) is 12.7 Å². The van der Waals surface area contributed by atoms with Gasteiger partial charge < -0.3 is 5.73 Å². The van der Waals surface area contributed by atoms with Gasteiger partial charge in [0.2, 0.25) is 0 Å². The maximum Gasteiger partial charge on any atom is 0.263 e. The molecular weight excluding hydrogens is 295 g/mol. The summed E-state index contributed by atoms with van der Waals surface area (Å²) in [7, 11) is -3.86. The molecule has 8 heteroatoms. The molecule has 1 heterocycles. The molecule has 0 fully saturated rings. The number of aromatic amines is 1. The molecule has 6 nitrogen and oxygen atoms in total. The van der Waals surface area contributed by atoms with E-state index in [0.717, 1.165) is 24.6 Å². The monoisotopic (exact) mass is 312 g/mol. The van der Waals surface area contributed by atoms with Crippen molar-refractivity contribution in [2.24, 2.45) is 0 Å². The van der Waals surface area contributed by atoms with Crippen LogP contribution < -0.4 is 10.5 Å². The number of hydrogen-bond donors (Lipinski definition) is 3. The summed E-state index contributed by atoms with van der Waals surface area (Å²) in [5.41, 5.74) is 6.27. The molecule has 0 unspecified atom stereocenters. The summed E-state index contributed by atoms with van der Waals surface area (Å²) < 4.78 is 40.3. The van der Waals surface area contributed by atoms with E-state index in [-0.39, 0.29) is 22.0 Å². The highest BCUT2D eigenvalue weighted by atomic mass is 32.2. The number of nitrogen functional groups attached to an aromatic ring is 1. The summed E-state index contributed by atoms with van der Waals surface area (Å²) in [6, 6.07) is 3.94. The van der Waals surface area contributed by atoms with Crippen molar-refractivity contribution in [2.45, 2.75) is 31.6 Å². The van der Waals surface area contributed by atoms with Crippen molar-refractivity contribution in [3.05, 3.63) is 35.3 Å². The summed E-state index contributed by atoms with van der Waals surface area (Å²) in [5, 5.41) is 6.64. The molecule has 4 N–H and O–H groups in total. The van der Waals surface area contributed by atoms with Gasteiger partial charge in [0.15, 0.2) is 5.82 Å². The number of nitrogens with zero attached hydrogens (tertiary/aromatic N) is 1. The molecule has 2 aromatic rings. The van der Waals surface area contributed by atoms with Crippen LogP contribution in [0.2, 0.25) is 0 Å². The normalized spacial score (nSPS) is 11.6. The SMILES string of the molecule is CCCc1cc(NS(=O)(=O)c2cc(C)c(F)c(N)c2)n[nH]1. The van der Waals surface area contributed by atoms with Crippen molar-refractivity contribution in [1.82, 2.24) is 10.2 Å². The predicted molar refractivity (Wildman–Crippen MR) is 78.9 cm³/mol. The first-order valence-electron chi connectivity index (χ1n) is 6.46. The van der Waals surface area contributed by atoms with E-state index in [2.05, 4.69) is 14.9 Å². The zero-order valence-corrected chi connectivity index (χ0v) is 12.6. The number of sulfonamides is 1. The Hall–Kier alpha value is -2.09. The van der Waals surface area contributed by atoms with Crippen LogP contribution in [0.5, 0.6) is 0 Å². The number of aromatic nitrogens is 2. The molecule has 2 rings (SSSR count). The molecule has 0 bridgehead atoms. The lowest BCUT2D eigenvalue weighted by molar-refractivity contribution is 0.599. The number of H-pyrrole nitrogens is 1. The van der Waals surface area contributed by atoms with Gasteiger partial charge in [-0.2, -0.15) is 5.10 Å². The summed E-state index contributed by atoms with van der Waals surface area (Å²) >= 11 is 0. The van der Waals surface area contributed by atoms with Crippen LogP contribution in [0.15, 0.2) is 23.1 Å². The Morgan fingerprint density at radius 3 is 2.71 bits per heavy atom. The lowest BCUT2D eigenvalue weighted by Gasteiger charge is -2.08. The van der Waals surface area contributed by atoms with Crippen LogP contribution in [0.3, 0.4) is 0 Å². The molecule has 1 aromatic heterocycles. The van der Waals surface area contributed by atoms with Crippen molar-refractivity contribution in [1.29, 1.82) is 0 Å².